The molecular weight excluding hydrogens is 326 g/mol. The molecule has 4 heterocycles. The first-order valence-electron chi connectivity index (χ1n) is 8.75. The van der Waals surface area contributed by atoms with Crippen LogP contribution in [0, 0.1) is 5.92 Å². The molecule has 4 aliphatic rings. The second-order valence-electron chi connectivity index (χ2n) is 7.29. The van der Waals surface area contributed by atoms with Crippen LogP contribution in [0.15, 0.2) is 12.1 Å². The van der Waals surface area contributed by atoms with E-state index in [0.717, 1.165) is 25.3 Å². The number of ether oxygens (including phenoxy) is 1. The van der Waals surface area contributed by atoms with Gasteiger partial charge in [0.1, 0.15) is 6.61 Å². The third-order valence-corrected chi connectivity index (χ3v) is 5.98. The lowest BCUT2D eigenvalue weighted by Crippen LogP contribution is -2.57. The van der Waals surface area contributed by atoms with Gasteiger partial charge in [0.15, 0.2) is 5.75 Å². The summed E-state index contributed by atoms with van der Waals surface area (Å²) in [4.78, 5) is 17.5. The first-order valence-corrected chi connectivity index (χ1v) is 9.13. The maximum absolute atomic E-state index is 12.9. The first-order chi connectivity index (χ1) is 11.5. The van der Waals surface area contributed by atoms with Crippen molar-refractivity contribution in [3.63, 3.8) is 0 Å². The summed E-state index contributed by atoms with van der Waals surface area (Å²) in [6.45, 7) is 5.95. The predicted molar refractivity (Wildman–Crippen MR) is 95.2 cm³/mol. The van der Waals surface area contributed by atoms with Crippen LogP contribution in [0.25, 0.3) is 0 Å². The van der Waals surface area contributed by atoms with Gasteiger partial charge in [-0.25, -0.2) is 0 Å². The summed E-state index contributed by atoms with van der Waals surface area (Å²) in [5.41, 5.74) is 1.44. The van der Waals surface area contributed by atoms with Crippen molar-refractivity contribution >= 4 is 23.2 Å². The highest BCUT2D eigenvalue weighted by molar-refractivity contribution is 6.31. The second kappa shape index (κ2) is 6.12. The van der Waals surface area contributed by atoms with E-state index in [1.54, 1.807) is 6.07 Å². The molecule has 0 spiro atoms. The van der Waals surface area contributed by atoms with Crippen molar-refractivity contribution in [1.29, 1.82) is 0 Å². The number of benzene rings is 1. The molecule has 2 unspecified atom stereocenters. The summed E-state index contributed by atoms with van der Waals surface area (Å²) in [5.74, 6) is 1.17. The van der Waals surface area contributed by atoms with Gasteiger partial charge in [0.2, 0.25) is 0 Å². The number of rotatable bonds is 2. The van der Waals surface area contributed by atoms with E-state index in [0.29, 0.717) is 28.9 Å². The molecule has 1 aromatic carbocycles. The second-order valence-corrected chi connectivity index (χ2v) is 7.73. The Morgan fingerprint density at radius 3 is 2.75 bits per heavy atom. The van der Waals surface area contributed by atoms with Gasteiger partial charge in [-0.05, 0) is 50.9 Å². The summed E-state index contributed by atoms with van der Waals surface area (Å²) >= 11 is 6.27. The van der Waals surface area contributed by atoms with E-state index in [1.165, 1.54) is 12.8 Å². The number of hydrogen-bond donors (Lipinski definition) is 1. The van der Waals surface area contributed by atoms with E-state index >= 15 is 0 Å². The Kier molecular flexibility index (Phi) is 4.09. The fourth-order valence-electron chi connectivity index (χ4n) is 4.09. The summed E-state index contributed by atoms with van der Waals surface area (Å²) in [7, 11) is 2.01. The SMILES string of the molecule is CC1COc2c(C(=O)NC3CN4CCC3CC4)cc(Cl)cc2N1C. The predicted octanol–water partition coefficient (Wildman–Crippen LogP) is 2.38. The van der Waals surface area contributed by atoms with E-state index in [2.05, 4.69) is 22.0 Å². The van der Waals surface area contributed by atoms with Crippen molar-refractivity contribution in [2.45, 2.75) is 31.8 Å². The highest BCUT2D eigenvalue weighted by Gasteiger charge is 2.36. The molecule has 1 amide bonds. The van der Waals surface area contributed by atoms with Gasteiger partial charge in [-0.2, -0.15) is 0 Å². The van der Waals surface area contributed by atoms with Crippen molar-refractivity contribution in [1.82, 2.24) is 10.2 Å². The highest BCUT2D eigenvalue weighted by atomic mass is 35.5. The summed E-state index contributed by atoms with van der Waals surface area (Å²) in [5, 5.41) is 3.80. The lowest BCUT2D eigenvalue weighted by Gasteiger charge is -2.45. The fraction of sp³-hybridized carbons (Fsp3) is 0.611. The normalized spacial score (nSPS) is 31.4. The number of piperidine rings is 3. The number of halogens is 1. The highest BCUT2D eigenvalue weighted by Crippen LogP contribution is 2.39. The van der Waals surface area contributed by atoms with Gasteiger partial charge in [-0.3, -0.25) is 4.79 Å². The van der Waals surface area contributed by atoms with E-state index in [1.807, 2.05) is 13.1 Å². The van der Waals surface area contributed by atoms with Gasteiger partial charge in [-0.15, -0.1) is 0 Å². The minimum atomic E-state index is -0.0737. The van der Waals surface area contributed by atoms with Crippen molar-refractivity contribution in [3.8, 4) is 5.75 Å². The summed E-state index contributed by atoms with van der Waals surface area (Å²) < 4.78 is 5.89. The minimum Gasteiger partial charge on any atom is -0.488 e. The molecule has 2 atom stereocenters. The van der Waals surface area contributed by atoms with E-state index in [4.69, 9.17) is 16.3 Å². The third-order valence-electron chi connectivity index (χ3n) is 5.76. The molecule has 24 heavy (non-hydrogen) atoms. The average Bonchev–Trinajstić information content (AvgIpc) is 2.59. The number of carbonyl (C=O) groups excluding carboxylic acids is 1. The molecule has 130 valence electrons. The Morgan fingerprint density at radius 1 is 1.33 bits per heavy atom. The van der Waals surface area contributed by atoms with Crippen molar-refractivity contribution < 1.29 is 9.53 Å². The molecular formula is C18H24ClN3O2. The van der Waals surface area contributed by atoms with Crippen LogP contribution in [0.1, 0.15) is 30.1 Å². The van der Waals surface area contributed by atoms with Crippen LogP contribution in [0.3, 0.4) is 0 Å². The van der Waals surface area contributed by atoms with Gasteiger partial charge in [0.25, 0.3) is 5.91 Å². The van der Waals surface area contributed by atoms with Crippen LogP contribution in [-0.2, 0) is 0 Å². The van der Waals surface area contributed by atoms with Gasteiger partial charge in [-0.1, -0.05) is 11.6 Å². The number of carbonyl (C=O) groups is 1. The number of likely N-dealkylation sites (N-methyl/N-ethyl adjacent to an activating group) is 1. The zero-order valence-corrected chi connectivity index (χ0v) is 15.0. The molecule has 3 saturated heterocycles. The molecule has 5 nitrogen and oxygen atoms in total. The number of hydrogen-bond acceptors (Lipinski definition) is 4. The standard InChI is InChI=1S/C18H24ClN3O2/c1-11-10-24-17-14(7-13(19)8-16(17)21(11)2)18(23)20-15-9-22-5-3-12(15)4-6-22/h7-8,11-12,15H,3-6,9-10H2,1-2H3,(H,20,23). The van der Waals surface area contributed by atoms with Gasteiger partial charge in [0, 0.05) is 24.7 Å². The first kappa shape index (κ1) is 16.0. The number of fused-ring (bicyclic) bond motifs is 4. The minimum absolute atomic E-state index is 0.0737. The Hall–Kier alpha value is -1.46. The Labute approximate surface area is 147 Å². The van der Waals surface area contributed by atoms with Gasteiger partial charge < -0.3 is 19.9 Å². The monoisotopic (exact) mass is 349 g/mol. The molecule has 5 rings (SSSR count). The third kappa shape index (κ3) is 2.74. The van der Waals surface area contributed by atoms with Crippen LogP contribution >= 0.6 is 11.6 Å². The van der Waals surface area contributed by atoms with Crippen LogP contribution < -0.4 is 15.0 Å². The van der Waals surface area contributed by atoms with Crippen LogP contribution in [0.4, 0.5) is 5.69 Å². The van der Waals surface area contributed by atoms with Crippen molar-refractivity contribution in [3.05, 3.63) is 22.7 Å². The van der Waals surface area contributed by atoms with Crippen molar-refractivity contribution in [2.24, 2.45) is 5.92 Å². The average molecular weight is 350 g/mol. The topological polar surface area (TPSA) is 44.8 Å². The Bertz CT molecular complexity index is 658. The lowest BCUT2D eigenvalue weighted by molar-refractivity contribution is 0.0618. The summed E-state index contributed by atoms with van der Waals surface area (Å²) in [6, 6.07) is 4.09. The smallest absolute Gasteiger partial charge is 0.255 e. The Balaban J connectivity index is 1.60. The zero-order valence-electron chi connectivity index (χ0n) is 14.2. The molecule has 1 N–H and O–H groups in total. The molecule has 4 aliphatic heterocycles. The number of anilines is 1. The van der Waals surface area contributed by atoms with Crippen LogP contribution in [0.5, 0.6) is 5.75 Å². The quantitative estimate of drug-likeness (QED) is 0.890. The van der Waals surface area contributed by atoms with E-state index in [-0.39, 0.29) is 18.0 Å². The molecule has 0 saturated carbocycles. The largest absolute Gasteiger partial charge is 0.488 e. The van der Waals surface area contributed by atoms with Gasteiger partial charge in [0.05, 0.1) is 17.3 Å². The number of amides is 1. The van der Waals surface area contributed by atoms with Gasteiger partial charge >= 0.3 is 0 Å². The fourth-order valence-corrected chi connectivity index (χ4v) is 4.30. The molecule has 2 bridgehead atoms. The molecule has 0 aromatic heterocycles. The molecule has 3 fully saturated rings. The number of nitrogens with one attached hydrogen (secondary N) is 1. The van der Waals surface area contributed by atoms with Crippen LogP contribution in [-0.4, -0.2) is 56.2 Å². The zero-order chi connectivity index (χ0) is 16.8. The molecule has 0 aliphatic carbocycles. The van der Waals surface area contributed by atoms with E-state index < -0.39 is 0 Å². The van der Waals surface area contributed by atoms with E-state index in [9.17, 15) is 4.79 Å². The van der Waals surface area contributed by atoms with Crippen molar-refractivity contribution in [2.75, 3.05) is 38.2 Å². The Morgan fingerprint density at radius 2 is 2.08 bits per heavy atom. The van der Waals surface area contributed by atoms with Crippen LogP contribution in [0.2, 0.25) is 5.02 Å². The molecule has 0 radical (unpaired) electrons. The lowest BCUT2D eigenvalue weighted by atomic mass is 9.84. The number of nitrogens with zero attached hydrogens (tertiary/aromatic N) is 2. The summed E-state index contributed by atoms with van der Waals surface area (Å²) in [6.07, 6.45) is 2.35. The molecule has 1 aromatic rings. The maximum atomic E-state index is 12.9. The molecule has 6 heteroatoms. The maximum Gasteiger partial charge on any atom is 0.255 e.